The van der Waals surface area contributed by atoms with Crippen molar-refractivity contribution in [2.75, 3.05) is 7.11 Å². The molecule has 4 nitrogen and oxygen atoms in total. The van der Waals surface area contributed by atoms with Crippen molar-refractivity contribution in [2.24, 2.45) is 11.8 Å². The maximum absolute atomic E-state index is 12.7. The first-order valence-electron chi connectivity index (χ1n) is 12.7. The van der Waals surface area contributed by atoms with E-state index in [-0.39, 0.29) is 34.9 Å². The van der Waals surface area contributed by atoms with E-state index in [4.69, 9.17) is 9.16 Å². The molecule has 204 valence electrons. The quantitative estimate of drug-likeness (QED) is 0.0483. The molecule has 0 aliphatic rings. The molecule has 0 bridgehead atoms. The first-order chi connectivity index (χ1) is 16.5. The molecule has 0 fully saturated rings. The van der Waals surface area contributed by atoms with E-state index in [9.17, 15) is 9.59 Å². The van der Waals surface area contributed by atoms with Crippen LogP contribution in [0.25, 0.3) is 0 Å². The summed E-state index contributed by atoms with van der Waals surface area (Å²) in [5.41, 5.74) is 4.17. The predicted molar refractivity (Wildman–Crippen MR) is 165 cm³/mol. The Morgan fingerprint density at radius 2 is 1.58 bits per heavy atom. The minimum Gasteiger partial charge on any atom is -0.410 e. The fourth-order valence-electron chi connectivity index (χ4n) is 3.62. The Morgan fingerprint density at radius 3 is 2.06 bits per heavy atom. The van der Waals surface area contributed by atoms with Gasteiger partial charge in [0.05, 0.1) is 12.2 Å². The Bertz CT molecular complexity index is 887. The lowest BCUT2D eigenvalue weighted by Gasteiger charge is -2.40. The summed E-state index contributed by atoms with van der Waals surface area (Å²) in [5.74, 6) is -0.0851. The summed E-state index contributed by atoms with van der Waals surface area (Å²) in [7, 11) is -0.365. The zero-order valence-corrected chi connectivity index (χ0v) is 27.7. The van der Waals surface area contributed by atoms with Gasteiger partial charge in [0, 0.05) is 25.4 Å². The van der Waals surface area contributed by atoms with Crippen LogP contribution < -0.4 is 0 Å². The molecule has 0 aromatic rings. The second kappa shape index (κ2) is 16.0. The van der Waals surface area contributed by atoms with Crippen LogP contribution >= 0.6 is 22.6 Å². The second-order valence-electron chi connectivity index (χ2n) is 11.4. The van der Waals surface area contributed by atoms with E-state index in [0.717, 1.165) is 28.6 Å². The number of aldehydes is 1. The molecular weight excluding hydrogens is 579 g/mol. The highest BCUT2D eigenvalue weighted by Gasteiger charge is 2.39. The molecule has 0 heterocycles. The molecule has 0 unspecified atom stereocenters. The lowest BCUT2D eigenvalue weighted by molar-refractivity contribution is -0.120. The third-order valence-corrected chi connectivity index (χ3v) is 12.3. The van der Waals surface area contributed by atoms with Crippen molar-refractivity contribution in [3.05, 3.63) is 56.8 Å². The number of carbonyl (C=O) groups is 2. The Hall–Kier alpha value is -1.09. The number of ketones is 1. The van der Waals surface area contributed by atoms with E-state index in [0.29, 0.717) is 6.42 Å². The van der Waals surface area contributed by atoms with Gasteiger partial charge < -0.3 is 14.0 Å². The van der Waals surface area contributed by atoms with Gasteiger partial charge >= 0.3 is 0 Å². The van der Waals surface area contributed by atoms with E-state index in [1.54, 1.807) is 13.2 Å². The highest BCUT2D eigenvalue weighted by Crippen LogP contribution is 2.38. The summed E-state index contributed by atoms with van der Waals surface area (Å²) in [5, 5.41) is 0.0912. The molecule has 0 aliphatic heterocycles. The van der Waals surface area contributed by atoms with Gasteiger partial charge in [0.1, 0.15) is 6.29 Å². The van der Waals surface area contributed by atoms with Gasteiger partial charge in [-0.25, -0.2) is 0 Å². The summed E-state index contributed by atoms with van der Waals surface area (Å²) in [4.78, 5) is 23.7. The second-order valence-corrected chi connectivity index (χ2v) is 16.8. The predicted octanol–water partition coefficient (Wildman–Crippen LogP) is 8.56. The molecule has 4 atom stereocenters. The molecule has 36 heavy (non-hydrogen) atoms. The van der Waals surface area contributed by atoms with E-state index >= 15 is 0 Å². The van der Waals surface area contributed by atoms with Crippen LogP contribution in [0.2, 0.25) is 18.1 Å². The summed E-state index contributed by atoms with van der Waals surface area (Å²) < 4.78 is 14.3. The SMILES string of the molecule is CO[C@H](/C(C)=C/I)[C@@H](C)C(=O)/C=C/C(C)=C\C(C)=C/[C@H](C)[C@@H](/C=C(\C)CC=O)O[Si](C)(C)C(C)(C)C. The van der Waals surface area contributed by atoms with Crippen molar-refractivity contribution < 1.29 is 18.8 Å². The third-order valence-electron chi connectivity index (χ3n) is 6.88. The zero-order valence-electron chi connectivity index (χ0n) is 24.6. The van der Waals surface area contributed by atoms with Gasteiger partial charge in [-0.2, -0.15) is 0 Å². The highest BCUT2D eigenvalue weighted by atomic mass is 127. The van der Waals surface area contributed by atoms with Crippen LogP contribution in [0.15, 0.2) is 56.8 Å². The molecule has 0 aromatic carbocycles. The van der Waals surface area contributed by atoms with Crippen LogP contribution in [-0.2, 0) is 18.8 Å². The van der Waals surface area contributed by atoms with E-state index in [1.165, 1.54) is 0 Å². The lowest BCUT2D eigenvalue weighted by Crippen LogP contribution is -2.45. The fraction of sp³-hybridized carbons (Fsp3) is 0.600. The Balaban J connectivity index is 5.76. The van der Waals surface area contributed by atoms with Gasteiger partial charge in [0.2, 0.25) is 0 Å². The average Bonchev–Trinajstić information content (AvgIpc) is 2.76. The summed E-state index contributed by atoms with van der Waals surface area (Å²) >= 11 is 2.18. The van der Waals surface area contributed by atoms with Crippen molar-refractivity contribution in [1.29, 1.82) is 0 Å². The molecule has 0 aromatic heterocycles. The lowest BCUT2D eigenvalue weighted by atomic mass is 9.94. The number of ether oxygens (including phenoxy) is 1. The minimum atomic E-state index is -2.00. The Morgan fingerprint density at radius 1 is 1.00 bits per heavy atom. The van der Waals surface area contributed by atoms with Gasteiger partial charge in [0.25, 0.3) is 0 Å². The number of carbonyl (C=O) groups excluding carboxylic acids is 2. The highest BCUT2D eigenvalue weighted by molar-refractivity contribution is 14.1. The van der Waals surface area contributed by atoms with E-state index in [1.807, 2.05) is 37.9 Å². The van der Waals surface area contributed by atoms with Crippen molar-refractivity contribution in [1.82, 2.24) is 0 Å². The third kappa shape index (κ3) is 12.0. The van der Waals surface area contributed by atoms with E-state index < -0.39 is 8.32 Å². The summed E-state index contributed by atoms with van der Waals surface area (Å²) in [6.45, 7) is 23.3. The van der Waals surface area contributed by atoms with Crippen molar-refractivity contribution in [2.45, 2.75) is 99.1 Å². The van der Waals surface area contributed by atoms with Crippen LogP contribution in [0.5, 0.6) is 0 Å². The molecule has 6 heteroatoms. The van der Waals surface area contributed by atoms with Crippen molar-refractivity contribution in [3.63, 3.8) is 0 Å². The van der Waals surface area contributed by atoms with Crippen molar-refractivity contribution in [3.8, 4) is 0 Å². The van der Waals surface area contributed by atoms with Gasteiger partial charge in [0.15, 0.2) is 14.1 Å². The number of rotatable bonds is 14. The molecule has 0 radical (unpaired) electrons. The van der Waals surface area contributed by atoms with Crippen LogP contribution in [0.3, 0.4) is 0 Å². The number of halogens is 1. The normalized spacial score (nSPS) is 18.2. The smallest absolute Gasteiger partial charge is 0.192 e. The molecule has 0 spiro atoms. The number of allylic oxidation sites excluding steroid dienone is 6. The fourth-order valence-corrected chi connectivity index (χ4v) is 5.29. The van der Waals surface area contributed by atoms with Gasteiger partial charge in [-0.05, 0) is 61.6 Å². The van der Waals surface area contributed by atoms with Gasteiger partial charge in [-0.15, -0.1) is 0 Å². The topological polar surface area (TPSA) is 52.6 Å². The first kappa shape index (κ1) is 34.9. The number of hydrogen-bond acceptors (Lipinski definition) is 4. The first-order valence-corrected chi connectivity index (χ1v) is 16.8. The van der Waals surface area contributed by atoms with Crippen LogP contribution in [-0.4, -0.2) is 39.7 Å². The van der Waals surface area contributed by atoms with Crippen molar-refractivity contribution >= 4 is 43.0 Å². The van der Waals surface area contributed by atoms with Gasteiger partial charge in [-0.3, -0.25) is 4.79 Å². The monoisotopic (exact) mass is 628 g/mol. The average molecular weight is 629 g/mol. The number of methoxy groups -OCH3 is 1. The zero-order chi connectivity index (χ0) is 28.3. The Kier molecular flexibility index (Phi) is 15.5. The summed E-state index contributed by atoms with van der Waals surface area (Å²) in [6.07, 6.45) is 10.9. The standard InChI is InChI=1S/C30H49IO4Si/c1-21(13-14-27(33)26(6)29(34-10)25(5)20-31)17-23(3)18-24(4)28(19-22(2)15-16-32)35-36(11,12)30(7,8)9/h13-14,16-20,24,26,28-29H,15H2,1-12H3/b14-13+,21-17-,22-19+,23-18-,25-20+/t24-,26-,28+,29+/m0/s1. The Labute approximate surface area is 235 Å². The molecule has 0 rings (SSSR count). The van der Waals surface area contributed by atoms with Crippen LogP contribution in [0, 0.1) is 11.8 Å². The minimum absolute atomic E-state index is 0.0424. The molecule has 0 aliphatic carbocycles. The maximum atomic E-state index is 12.7. The van der Waals surface area contributed by atoms with E-state index in [2.05, 4.69) is 88.5 Å². The maximum Gasteiger partial charge on any atom is 0.192 e. The van der Waals surface area contributed by atoms with Gasteiger partial charge in [-0.1, -0.05) is 98.2 Å². The van der Waals surface area contributed by atoms with Crippen LogP contribution in [0.4, 0.5) is 0 Å². The molecule has 0 saturated carbocycles. The van der Waals surface area contributed by atoms with Crippen LogP contribution in [0.1, 0.15) is 68.7 Å². The molecular formula is C30H49IO4Si. The molecule has 0 saturated heterocycles. The molecule has 0 amide bonds. The molecule has 0 N–H and O–H groups in total. The number of hydrogen-bond donors (Lipinski definition) is 0. The largest absolute Gasteiger partial charge is 0.410 e. The summed E-state index contributed by atoms with van der Waals surface area (Å²) in [6, 6.07) is 0.